The summed E-state index contributed by atoms with van der Waals surface area (Å²) in [5.74, 6) is -0.992. The third kappa shape index (κ3) is 2.60. The maximum absolute atomic E-state index is 11.0. The van der Waals surface area contributed by atoms with E-state index in [2.05, 4.69) is 0 Å². The molecule has 0 saturated heterocycles. The standard InChI is InChI=1S/C14H16N2O2/c1-14(15,13(17)18)10-11-5-4-6-12(9-11)16-7-2-3-8-16/h2-9H,10,15H2,1H3,(H,17,18)/t14-/m0/s1. The van der Waals surface area contributed by atoms with Crippen molar-refractivity contribution in [2.24, 2.45) is 5.73 Å². The Kier molecular flexibility index (Phi) is 3.21. The molecule has 94 valence electrons. The first-order valence-electron chi connectivity index (χ1n) is 5.73. The maximum Gasteiger partial charge on any atom is 0.323 e. The van der Waals surface area contributed by atoms with E-state index < -0.39 is 11.5 Å². The van der Waals surface area contributed by atoms with Gasteiger partial charge in [-0.1, -0.05) is 12.1 Å². The summed E-state index contributed by atoms with van der Waals surface area (Å²) in [5.41, 5.74) is 6.42. The number of rotatable bonds is 4. The topological polar surface area (TPSA) is 68.2 Å². The van der Waals surface area contributed by atoms with Crippen LogP contribution in [0.1, 0.15) is 12.5 Å². The first-order chi connectivity index (χ1) is 8.49. The number of carboxylic acid groups (broad SMARTS) is 1. The molecule has 2 rings (SSSR count). The average molecular weight is 244 g/mol. The molecule has 4 nitrogen and oxygen atoms in total. The van der Waals surface area contributed by atoms with E-state index in [0.29, 0.717) is 6.42 Å². The quantitative estimate of drug-likeness (QED) is 0.862. The summed E-state index contributed by atoms with van der Waals surface area (Å²) in [7, 11) is 0. The van der Waals surface area contributed by atoms with Gasteiger partial charge in [0.05, 0.1) is 0 Å². The number of nitrogens with zero attached hydrogens (tertiary/aromatic N) is 1. The highest BCUT2D eigenvalue weighted by Crippen LogP contribution is 2.15. The van der Waals surface area contributed by atoms with Crippen LogP contribution in [-0.2, 0) is 11.2 Å². The Hall–Kier alpha value is -2.07. The van der Waals surface area contributed by atoms with Gasteiger partial charge in [-0.2, -0.15) is 0 Å². The van der Waals surface area contributed by atoms with Gasteiger partial charge in [-0.25, -0.2) is 0 Å². The number of hydrogen-bond donors (Lipinski definition) is 2. The lowest BCUT2D eigenvalue weighted by Crippen LogP contribution is -2.46. The highest BCUT2D eigenvalue weighted by Gasteiger charge is 2.28. The average Bonchev–Trinajstić information content (AvgIpc) is 2.82. The van der Waals surface area contributed by atoms with E-state index in [1.807, 2.05) is 53.4 Å². The molecule has 4 heteroatoms. The Morgan fingerprint density at radius 2 is 2.00 bits per heavy atom. The lowest BCUT2D eigenvalue weighted by atomic mass is 9.94. The molecule has 0 aliphatic rings. The summed E-state index contributed by atoms with van der Waals surface area (Å²) < 4.78 is 1.97. The molecule has 18 heavy (non-hydrogen) atoms. The second-order valence-electron chi connectivity index (χ2n) is 4.66. The molecule has 1 heterocycles. The lowest BCUT2D eigenvalue weighted by molar-refractivity contribution is -0.142. The van der Waals surface area contributed by atoms with Crippen LogP contribution in [0.5, 0.6) is 0 Å². The largest absolute Gasteiger partial charge is 0.480 e. The minimum atomic E-state index is -1.24. The summed E-state index contributed by atoms with van der Waals surface area (Å²) >= 11 is 0. The van der Waals surface area contributed by atoms with Crippen molar-refractivity contribution in [3.8, 4) is 5.69 Å². The zero-order valence-electron chi connectivity index (χ0n) is 10.2. The molecule has 0 saturated carbocycles. The van der Waals surface area contributed by atoms with Gasteiger partial charge >= 0.3 is 5.97 Å². The third-order valence-corrected chi connectivity index (χ3v) is 2.87. The molecular formula is C14H16N2O2. The summed E-state index contributed by atoms with van der Waals surface area (Å²) in [6.45, 7) is 1.53. The predicted octanol–water partition coefficient (Wildman–Crippen LogP) is 1.82. The van der Waals surface area contributed by atoms with Crippen LogP contribution >= 0.6 is 0 Å². The van der Waals surface area contributed by atoms with Gasteiger partial charge in [0.1, 0.15) is 5.54 Å². The van der Waals surface area contributed by atoms with Crippen molar-refractivity contribution in [2.75, 3.05) is 0 Å². The highest BCUT2D eigenvalue weighted by atomic mass is 16.4. The molecule has 0 fully saturated rings. The van der Waals surface area contributed by atoms with Gasteiger partial charge in [-0.3, -0.25) is 4.79 Å². The van der Waals surface area contributed by atoms with E-state index in [-0.39, 0.29) is 0 Å². The van der Waals surface area contributed by atoms with Crippen LogP contribution < -0.4 is 5.73 Å². The predicted molar refractivity (Wildman–Crippen MR) is 69.7 cm³/mol. The van der Waals surface area contributed by atoms with Crippen LogP contribution in [-0.4, -0.2) is 21.2 Å². The number of aromatic nitrogens is 1. The zero-order valence-corrected chi connectivity index (χ0v) is 10.2. The number of aliphatic carboxylic acids is 1. The number of nitrogens with two attached hydrogens (primary N) is 1. The first kappa shape index (κ1) is 12.4. The van der Waals surface area contributed by atoms with Gasteiger partial charge in [-0.15, -0.1) is 0 Å². The molecule has 1 atom stereocenters. The molecule has 0 amide bonds. The smallest absolute Gasteiger partial charge is 0.323 e. The summed E-state index contributed by atoms with van der Waals surface area (Å²) in [6, 6.07) is 11.6. The minimum Gasteiger partial charge on any atom is -0.480 e. The van der Waals surface area contributed by atoms with Crippen molar-refractivity contribution in [1.82, 2.24) is 4.57 Å². The molecule has 0 radical (unpaired) electrons. The Morgan fingerprint density at radius 3 is 2.61 bits per heavy atom. The highest BCUT2D eigenvalue weighted by molar-refractivity contribution is 5.78. The van der Waals surface area contributed by atoms with Crippen LogP contribution in [0.3, 0.4) is 0 Å². The molecule has 3 N–H and O–H groups in total. The minimum absolute atomic E-state index is 0.303. The Balaban J connectivity index is 2.26. The van der Waals surface area contributed by atoms with E-state index in [9.17, 15) is 4.79 Å². The van der Waals surface area contributed by atoms with Crippen molar-refractivity contribution in [2.45, 2.75) is 18.9 Å². The molecule has 0 aliphatic carbocycles. The Morgan fingerprint density at radius 1 is 1.33 bits per heavy atom. The molecule has 0 bridgehead atoms. The SMILES string of the molecule is C[C@](N)(Cc1cccc(-n2cccc2)c1)C(=O)O. The van der Waals surface area contributed by atoms with Gasteiger partial charge in [0, 0.05) is 24.5 Å². The van der Waals surface area contributed by atoms with Crippen LogP contribution in [0, 0.1) is 0 Å². The molecule has 0 aliphatic heterocycles. The molecule has 0 unspecified atom stereocenters. The second-order valence-corrected chi connectivity index (χ2v) is 4.66. The first-order valence-corrected chi connectivity index (χ1v) is 5.73. The van der Waals surface area contributed by atoms with Gasteiger partial charge < -0.3 is 15.4 Å². The summed E-state index contributed by atoms with van der Waals surface area (Å²) in [5, 5.41) is 9.03. The van der Waals surface area contributed by atoms with Crippen molar-refractivity contribution < 1.29 is 9.90 Å². The van der Waals surface area contributed by atoms with E-state index in [0.717, 1.165) is 11.3 Å². The molecule has 2 aromatic rings. The van der Waals surface area contributed by atoms with Gasteiger partial charge in [-0.05, 0) is 36.8 Å². The third-order valence-electron chi connectivity index (χ3n) is 2.87. The lowest BCUT2D eigenvalue weighted by Gasteiger charge is -2.19. The second kappa shape index (κ2) is 4.66. The maximum atomic E-state index is 11.0. The van der Waals surface area contributed by atoms with E-state index >= 15 is 0 Å². The summed E-state index contributed by atoms with van der Waals surface area (Å²) in [6.07, 6.45) is 4.19. The Bertz CT molecular complexity index is 545. The fourth-order valence-corrected chi connectivity index (χ4v) is 1.83. The fourth-order valence-electron chi connectivity index (χ4n) is 1.83. The normalized spacial score (nSPS) is 14.1. The number of carboxylic acids is 1. The summed E-state index contributed by atoms with van der Waals surface area (Å²) in [4.78, 5) is 11.0. The van der Waals surface area contributed by atoms with Gasteiger partial charge in [0.2, 0.25) is 0 Å². The van der Waals surface area contributed by atoms with Gasteiger partial charge in [0.25, 0.3) is 0 Å². The van der Waals surface area contributed by atoms with Crippen molar-refractivity contribution >= 4 is 5.97 Å². The van der Waals surface area contributed by atoms with E-state index in [1.165, 1.54) is 6.92 Å². The van der Waals surface area contributed by atoms with Crippen LogP contribution in [0.25, 0.3) is 5.69 Å². The van der Waals surface area contributed by atoms with Crippen LogP contribution in [0.15, 0.2) is 48.8 Å². The molecule has 1 aromatic heterocycles. The van der Waals surface area contributed by atoms with E-state index in [4.69, 9.17) is 10.8 Å². The van der Waals surface area contributed by atoms with Crippen molar-refractivity contribution in [3.05, 3.63) is 54.4 Å². The van der Waals surface area contributed by atoms with Crippen molar-refractivity contribution in [3.63, 3.8) is 0 Å². The van der Waals surface area contributed by atoms with Crippen LogP contribution in [0.2, 0.25) is 0 Å². The van der Waals surface area contributed by atoms with Crippen molar-refractivity contribution in [1.29, 1.82) is 0 Å². The number of hydrogen-bond acceptors (Lipinski definition) is 2. The number of benzene rings is 1. The molecule has 0 spiro atoms. The fraction of sp³-hybridized carbons (Fsp3) is 0.214. The zero-order chi connectivity index (χ0) is 13.2. The van der Waals surface area contributed by atoms with Gasteiger partial charge in [0.15, 0.2) is 0 Å². The monoisotopic (exact) mass is 244 g/mol. The molecule has 1 aromatic carbocycles. The number of carbonyl (C=O) groups is 1. The van der Waals surface area contributed by atoms with Crippen LogP contribution in [0.4, 0.5) is 0 Å². The Labute approximate surface area is 106 Å². The molecular weight excluding hydrogens is 228 g/mol. The van der Waals surface area contributed by atoms with E-state index in [1.54, 1.807) is 0 Å².